The maximum atomic E-state index is 13.4. The van der Waals surface area contributed by atoms with Crippen molar-refractivity contribution in [3.8, 4) is 0 Å². The molecule has 4 atom stereocenters. The predicted octanol–water partition coefficient (Wildman–Crippen LogP) is 6.20. The normalized spacial score (nSPS) is 31.8. The highest BCUT2D eigenvalue weighted by atomic mass is 19.2. The van der Waals surface area contributed by atoms with E-state index in [1.807, 2.05) is 0 Å². The molecule has 4 unspecified atom stereocenters. The third kappa shape index (κ3) is 3.18. The minimum Gasteiger partial charge on any atom is -0.204 e. The maximum Gasteiger partial charge on any atom is 0.194 e. The summed E-state index contributed by atoms with van der Waals surface area (Å²) in [5, 5.41) is 0. The van der Waals surface area contributed by atoms with Crippen molar-refractivity contribution < 1.29 is 13.2 Å². The zero-order chi connectivity index (χ0) is 15.7. The van der Waals surface area contributed by atoms with E-state index in [-0.39, 0.29) is 5.92 Å². The Bertz CT molecular complexity index is 502. The van der Waals surface area contributed by atoms with Crippen LogP contribution in [-0.2, 0) is 0 Å². The van der Waals surface area contributed by atoms with Gasteiger partial charge in [0.15, 0.2) is 17.5 Å². The summed E-state index contributed by atoms with van der Waals surface area (Å²) in [5.41, 5.74) is 0.644. The van der Waals surface area contributed by atoms with Gasteiger partial charge in [0.2, 0.25) is 0 Å². The van der Waals surface area contributed by atoms with Crippen LogP contribution in [0.2, 0.25) is 0 Å². The first kappa shape index (κ1) is 15.9. The molecule has 3 rings (SSSR count). The van der Waals surface area contributed by atoms with Gasteiger partial charge < -0.3 is 0 Å². The largest absolute Gasteiger partial charge is 0.204 e. The molecule has 2 aliphatic rings. The third-order valence-electron chi connectivity index (χ3n) is 5.90. The lowest BCUT2D eigenvalue weighted by molar-refractivity contribution is 0.114. The van der Waals surface area contributed by atoms with E-state index in [0.29, 0.717) is 11.5 Å². The van der Waals surface area contributed by atoms with Gasteiger partial charge in [-0.2, -0.15) is 0 Å². The summed E-state index contributed by atoms with van der Waals surface area (Å²) in [4.78, 5) is 0. The summed E-state index contributed by atoms with van der Waals surface area (Å²) in [7, 11) is 0. The van der Waals surface area contributed by atoms with Gasteiger partial charge in [0.25, 0.3) is 0 Å². The van der Waals surface area contributed by atoms with Crippen LogP contribution in [0.15, 0.2) is 12.1 Å². The molecule has 22 heavy (non-hydrogen) atoms. The average molecular weight is 310 g/mol. The molecule has 2 fully saturated rings. The molecule has 0 bridgehead atoms. The Balaban J connectivity index is 1.68. The lowest BCUT2D eigenvalue weighted by atomic mass is 9.63. The second-order valence-corrected chi connectivity index (χ2v) is 7.30. The van der Waals surface area contributed by atoms with Crippen LogP contribution in [0.1, 0.15) is 69.8 Å². The first-order valence-corrected chi connectivity index (χ1v) is 8.72. The van der Waals surface area contributed by atoms with Crippen LogP contribution >= 0.6 is 0 Å². The van der Waals surface area contributed by atoms with Crippen molar-refractivity contribution in [2.45, 2.75) is 64.2 Å². The predicted molar refractivity (Wildman–Crippen MR) is 82.1 cm³/mol. The fourth-order valence-electron chi connectivity index (χ4n) is 4.77. The molecule has 0 N–H and O–H groups in total. The van der Waals surface area contributed by atoms with Crippen LogP contribution in [0.3, 0.4) is 0 Å². The van der Waals surface area contributed by atoms with E-state index >= 15 is 0 Å². The molecule has 1 aromatic carbocycles. The molecule has 0 heterocycles. The topological polar surface area (TPSA) is 0 Å². The Morgan fingerprint density at radius 1 is 0.909 bits per heavy atom. The van der Waals surface area contributed by atoms with Crippen LogP contribution in [0.5, 0.6) is 0 Å². The zero-order valence-corrected chi connectivity index (χ0v) is 13.3. The Morgan fingerprint density at radius 2 is 1.55 bits per heavy atom. The molecule has 2 aliphatic carbocycles. The second-order valence-electron chi connectivity index (χ2n) is 7.30. The van der Waals surface area contributed by atoms with E-state index in [1.54, 1.807) is 0 Å². The van der Waals surface area contributed by atoms with E-state index in [1.165, 1.54) is 44.2 Å². The minimum atomic E-state index is -1.35. The van der Waals surface area contributed by atoms with Gasteiger partial charge >= 0.3 is 0 Å². The number of benzene rings is 1. The smallest absolute Gasteiger partial charge is 0.194 e. The molecule has 0 nitrogen and oxygen atoms in total. The van der Waals surface area contributed by atoms with Gasteiger partial charge in [-0.25, -0.2) is 13.2 Å². The molecule has 2 saturated carbocycles. The van der Waals surface area contributed by atoms with Crippen LogP contribution in [-0.4, -0.2) is 0 Å². The Labute approximate surface area is 131 Å². The van der Waals surface area contributed by atoms with Gasteiger partial charge in [-0.3, -0.25) is 0 Å². The molecule has 0 spiro atoms. The number of hydrogen-bond acceptors (Lipinski definition) is 0. The fraction of sp³-hybridized carbons (Fsp3) is 0.684. The van der Waals surface area contributed by atoms with Gasteiger partial charge in [0.05, 0.1) is 0 Å². The summed E-state index contributed by atoms with van der Waals surface area (Å²) < 4.78 is 40.0. The number of halogens is 3. The molecule has 0 amide bonds. The van der Waals surface area contributed by atoms with Gasteiger partial charge in [-0.15, -0.1) is 0 Å². The molecule has 0 aliphatic heterocycles. The van der Waals surface area contributed by atoms with Gasteiger partial charge in [-0.05, 0) is 73.5 Å². The number of fused-ring (bicyclic) bond motifs is 1. The summed E-state index contributed by atoms with van der Waals surface area (Å²) in [6, 6.07) is 2.40. The number of hydrogen-bond donors (Lipinski definition) is 0. The van der Waals surface area contributed by atoms with E-state index in [9.17, 15) is 13.2 Å². The highest BCUT2D eigenvalue weighted by Gasteiger charge is 2.36. The van der Waals surface area contributed by atoms with Crippen molar-refractivity contribution in [3.05, 3.63) is 35.1 Å². The number of rotatable bonds is 3. The Kier molecular flexibility index (Phi) is 4.79. The van der Waals surface area contributed by atoms with Crippen LogP contribution in [0.4, 0.5) is 13.2 Å². The summed E-state index contributed by atoms with van der Waals surface area (Å²) >= 11 is 0. The molecular formula is C19H25F3. The average Bonchev–Trinajstić information content (AvgIpc) is 2.52. The lowest BCUT2D eigenvalue weighted by Crippen LogP contribution is -2.30. The summed E-state index contributed by atoms with van der Waals surface area (Å²) in [5.74, 6) is -0.915. The van der Waals surface area contributed by atoms with E-state index in [2.05, 4.69) is 6.92 Å². The molecule has 0 saturated heterocycles. The highest BCUT2D eigenvalue weighted by molar-refractivity contribution is 5.24. The van der Waals surface area contributed by atoms with Crippen molar-refractivity contribution in [1.29, 1.82) is 0 Å². The quantitative estimate of drug-likeness (QED) is 0.583. The van der Waals surface area contributed by atoms with E-state index in [4.69, 9.17) is 0 Å². The van der Waals surface area contributed by atoms with Crippen LogP contribution in [0, 0.1) is 35.2 Å². The Morgan fingerprint density at radius 3 is 2.23 bits per heavy atom. The zero-order valence-electron chi connectivity index (χ0n) is 13.3. The lowest BCUT2D eigenvalue weighted by Gasteiger charge is -2.42. The van der Waals surface area contributed by atoms with E-state index < -0.39 is 17.5 Å². The summed E-state index contributed by atoms with van der Waals surface area (Å²) in [6.45, 7) is 2.25. The van der Waals surface area contributed by atoms with Crippen LogP contribution < -0.4 is 0 Å². The van der Waals surface area contributed by atoms with Crippen molar-refractivity contribution in [2.24, 2.45) is 17.8 Å². The van der Waals surface area contributed by atoms with Crippen LogP contribution in [0.25, 0.3) is 0 Å². The van der Waals surface area contributed by atoms with Gasteiger partial charge in [-0.1, -0.05) is 26.2 Å². The highest BCUT2D eigenvalue weighted by Crippen LogP contribution is 2.48. The molecule has 0 radical (unpaired) electrons. The second kappa shape index (κ2) is 6.64. The van der Waals surface area contributed by atoms with E-state index in [0.717, 1.165) is 31.1 Å². The fourth-order valence-corrected chi connectivity index (χ4v) is 4.77. The molecule has 122 valence electrons. The van der Waals surface area contributed by atoms with Crippen molar-refractivity contribution in [2.75, 3.05) is 0 Å². The monoisotopic (exact) mass is 310 g/mol. The first-order valence-electron chi connectivity index (χ1n) is 8.72. The van der Waals surface area contributed by atoms with Crippen molar-refractivity contribution in [3.63, 3.8) is 0 Å². The van der Waals surface area contributed by atoms with Gasteiger partial charge in [0.1, 0.15) is 0 Å². The van der Waals surface area contributed by atoms with Gasteiger partial charge in [0, 0.05) is 0 Å². The molecule has 3 heteroatoms. The minimum absolute atomic E-state index is 0.188. The third-order valence-corrected chi connectivity index (χ3v) is 5.90. The molecular weight excluding hydrogens is 285 g/mol. The maximum absolute atomic E-state index is 13.4. The standard InChI is InChI=1S/C19H25F3/c1-2-3-12-4-5-14-9-15(7-6-13(14)8-12)16-10-17(20)19(22)18(21)11-16/h10-15H,2-9H2,1H3. The SMILES string of the molecule is CCCC1CCC2CC(c3cc(F)c(F)c(F)c3)CCC2C1. The van der Waals surface area contributed by atoms with Crippen molar-refractivity contribution in [1.82, 2.24) is 0 Å². The Hall–Kier alpha value is -0.990. The van der Waals surface area contributed by atoms with Crippen molar-refractivity contribution >= 4 is 0 Å². The molecule has 1 aromatic rings. The molecule has 0 aromatic heterocycles. The summed E-state index contributed by atoms with van der Waals surface area (Å²) in [6.07, 6.45) is 9.61. The first-order chi connectivity index (χ1) is 10.6.